The average molecular weight is 271 g/mol. The topological polar surface area (TPSA) is 60.9 Å². The van der Waals surface area contributed by atoms with Gasteiger partial charge in [0.1, 0.15) is 0 Å². The lowest BCUT2D eigenvalue weighted by atomic mass is 10.0. The lowest BCUT2D eigenvalue weighted by Gasteiger charge is -2.10. The molecule has 4 nitrogen and oxygen atoms in total. The van der Waals surface area contributed by atoms with Crippen molar-refractivity contribution in [3.63, 3.8) is 0 Å². The highest BCUT2D eigenvalue weighted by molar-refractivity contribution is 5.85. The summed E-state index contributed by atoms with van der Waals surface area (Å²) in [5.74, 6) is 0.0304. The number of aromatic nitrogens is 2. The Hall–Kier alpha value is -1.94. The molecule has 0 amide bonds. The Labute approximate surface area is 119 Å². The smallest absolute Gasteiger partial charge is 0.155 e. The number of nitrogens with zero attached hydrogens (tertiary/aromatic N) is 2. The van der Waals surface area contributed by atoms with E-state index in [0.29, 0.717) is 18.9 Å². The van der Waals surface area contributed by atoms with Crippen LogP contribution in [-0.2, 0) is 17.6 Å². The molecular formula is C16H21N3O. The van der Waals surface area contributed by atoms with Gasteiger partial charge in [-0.05, 0) is 31.9 Å². The zero-order chi connectivity index (χ0) is 14.5. The van der Waals surface area contributed by atoms with Crippen LogP contribution >= 0.6 is 0 Å². The third-order valence-corrected chi connectivity index (χ3v) is 3.26. The summed E-state index contributed by atoms with van der Waals surface area (Å²) in [5, 5.41) is 4.38. The van der Waals surface area contributed by atoms with Crippen molar-refractivity contribution < 1.29 is 4.79 Å². The van der Waals surface area contributed by atoms with Gasteiger partial charge in [0.2, 0.25) is 0 Å². The third kappa shape index (κ3) is 3.78. The summed E-state index contributed by atoms with van der Waals surface area (Å²) in [7, 11) is 0. The highest BCUT2D eigenvalue weighted by Crippen LogP contribution is 2.08. The first-order valence-corrected chi connectivity index (χ1v) is 6.92. The van der Waals surface area contributed by atoms with Crippen molar-refractivity contribution >= 4 is 5.78 Å². The van der Waals surface area contributed by atoms with Gasteiger partial charge in [-0.1, -0.05) is 30.3 Å². The van der Waals surface area contributed by atoms with Crippen molar-refractivity contribution in [2.45, 2.75) is 38.8 Å². The molecule has 1 atom stereocenters. The van der Waals surface area contributed by atoms with Gasteiger partial charge in [-0.2, -0.15) is 5.10 Å². The van der Waals surface area contributed by atoms with Crippen molar-refractivity contribution in [3.05, 3.63) is 53.9 Å². The van der Waals surface area contributed by atoms with Crippen LogP contribution in [0, 0.1) is 0 Å². The molecule has 106 valence electrons. The van der Waals surface area contributed by atoms with E-state index in [1.165, 1.54) is 0 Å². The van der Waals surface area contributed by atoms with Gasteiger partial charge in [-0.15, -0.1) is 0 Å². The average Bonchev–Trinajstić information content (AvgIpc) is 2.88. The summed E-state index contributed by atoms with van der Waals surface area (Å²) in [5.41, 5.74) is 7.85. The summed E-state index contributed by atoms with van der Waals surface area (Å²) in [6.45, 7) is 4.11. The molecule has 1 unspecified atom stereocenters. The fourth-order valence-corrected chi connectivity index (χ4v) is 2.05. The monoisotopic (exact) mass is 271 g/mol. The first-order chi connectivity index (χ1) is 9.56. The lowest BCUT2D eigenvalue weighted by molar-refractivity contribution is -0.119. The van der Waals surface area contributed by atoms with Gasteiger partial charge in [-0.25, -0.2) is 0 Å². The highest BCUT2D eigenvalue weighted by Gasteiger charge is 2.16. The molecule has 0 bridgehead atoms. The van der Waals surface area contributed by atoms with E-state index in [1.807, 2.05) is 47.3 Å². The molecule has 0 saturated heterocycles. The largest absolute Gasteiger partial charge is 0.321 e. The van der Waals surface area contributed by atoms with Crippen LogP contribution in [0.3, 0.4) is 0 Å². The quantitative estimate of drug-likeness (QED) is 0.875. The van der Waals surface area contributed by atoms with E-state index in [2.05, 4.69) is 18.9 Å². The van der Waals surface area contributed by atoms with E-state index in [4.69, 9.17) is 5.73 Å². The van der Waals surface area contributed by atoms with Crippen molar-refractivity contribution in [2.24, 2.45) is 5.73 Å². The minimum Gasteiger partial charge on any atom is -0.321 e. The first kappa shape index (κ1) is 14.5. The third-order valence-electron chi connectivity index (χ3n) is 3.26. The van der Waals surface area contributed by atoms with Crippen LogP contribution in [0.2, 0.25) is 0 Å². The van der Waals surface area contributed by atoms with Gasteiger partial charge in [0, 0.05) is 12.2 Å². The number of carbonyl (C=O) groups is 1. The van der Waals surface area contributed by atoms with Crippen molar-refractivity contribution in [1.82, 2.24) is 9.78 Å². The second kappa shape index (κ2) is 6.48. The molecule has 1 aromatic heterocycles. The van der Waals surface area contributed by atoms with E-state index in [1.54, 1.807) is 0 Å². The fraction of sp³-hybridized carbons (Fsp3) is 0.375. The van der Waals surface area contributed by atoms with Gasteiger partial charge in [0.25, 0.3) is 0 Å². The molecule has 2 rings (SSSR count). The zero-order valence-corrected chi connectivity index (χ0v) is 12.0. The Morgan fingerprint density at radius 2 is 1.95 bits per heavy atom. The van der Waals surface area contributed by atoms with Crippen LogP contribution in [0.5, 0.6) is 0 Å². The number of hydrogen-bond donors (Lipinski definition) is 1. The van der Waals surface area contributed by atoms with Crippen molar-refractivity contribution in [2.75, 3.05) is 0 Å². The molecule has 0 aliphatic rings. The van der Waals surface area contributed by atoms with E-state index in [9.17, 15) is 4.79 Å². The number of ketones is 1. The summed E-state index contributed by atoms with van der Waals surface area (Å²) in [4.78, 5) is 12.1. The Kier molecular flexibility index (Phi) is 4.69. The van der Waals surface area contributed by atoms with Crippen LogP contribution < -0.4 is 5.73 Å². The molecule has 0 radical (unpaired) electrons. The molecule has 0 aliphatic heterocycles. The number of hydrogen-bond acceptors (Lipinski definition) is 3. The number of benzene rings is 1. The van der Waals surface area contributed by atoms with E-state index in [0.717, 1.165) is 11.3 Å². The molecule has 0 saturated carbocycles. The summed E-state index contributed by atoms with van der Waals surface area (Å²) >= 11 is 0. The Morgan fingerprint density at radius 3 is 2.55 bits per heavy atom. The predicted octanol–water partition coefficient (Wildman–Crippen LogP) is 2.15. The van der Waals surface area contributed by atoms with Gasteiger partial charge in [-0.3, -0.25) is 9.48 Å². The Bertz CT molecular complexity index is 560. The standard InChI is InChI=1S/C16H21N3O/c1-12(2)19-9-8-14(18-19)11-16(20)15(17)10-13-6-4-3-5-7-13/h3-9,12,15H,10-11,17H2,1-2H3. The van der Waals surface area contributed by atoms with Gasteiger partial charge in [0.15, 0.2) is 5.78 Å². The summed E-state index contributed by atoms with van der Waals surface area (Å²) in [6.07, 6.45) is 2.77. The molecular weight excluding hydrogens is 250 g/mol. The van der Waals surface area contributed by atoms with E-state index in [-0.39, 0.29) is 5.78 Å². The van der Waals surface area contributed by atoms with Gasteiger partial charge in [0.05, 0.1) is 18.2 Å². The number of Topliss-reactive ketones (excluding diaryl/α,β-unsaturated/α-hetero) is 1. The van der Waals surface area contributed by atoms with Crippen LogP contribution in [0.4, 0.5) is 0 Å². The molecule has 0 fully saturated rings. The zero-order valence-electron chi connectivity index (χ0n) is 12.0. The molecule has 1 aromatic carbocycles. The van der Waals surface area contributed by atoms with E-state index < -0.39 is 6.04 Å². The maximum atomic E-state index is 12.1. The Balaban J connectivity index is 1.93. The normalized spacial score (nSPS) is 12.6. The maximum absolute atomic E-state index is 12.1. The van der Waals surface area contributed by atoms with Crippen LogP contribution in [0.15, 0.2) is 42.6 Å². The minimum atomic E-state index is -0.471. The van der Waals surface area contributed by atoms with Crippen LogP contribution in [0.1, 0.15) is 31.1 Å². The summed E-state index contributed by atoms with van der Waals surface area (Å²) < 4.78 is 1.85. The molecule has 2 aromatic rings. The van der Waals surface area contributed by atoms with E-state index >= 15 is 0 Å². The molecule has 4 heteroatoms. The van der Waals surface area contributed by atoms with Crippen LogP contribution in [0.25, 0.3) is 0 Å². The number of carbonyl (C=O) groups excluding carboxylic acids is 1. The number of rotatable bonds is 6. The first-order valence-electron chi connectivity index (χ1n) is 6.92. The maximum Gasteiger partial charge on any atom is 0.155 e. The molecule has 20 heavy (non-hydrogen) atoms. The van der Waals surface area contributed by atoms with Crippen molar-refractivity contribution in [3.8, 4) is 0 Å². The Morgan fingerprint density at radius 1 is 1.25 bits per heavy atom. The number of nitrogens with two attached hydrogens (primary N) is 1. The van der Waals surface area contributed by atoms with Crippen LogP contribution in [-0.4, -0.2) is 21.6 Å². The predicted molar refractivity (Wildman–Crippen MR) is 79.4 cm³/mol. The van der Waals surface area contributed by atoms with Gasteiger partial charge >= 0.3 is 0 Å². The second-order valence-corrected chi connectivity index (χ2v) is 5.32. The highest BCUT2D eigenvalue weighted by atomic mass is 16.1. The molecule has 0 aliphatic carbocycles. The molecule has 1 heterocycles. The SMILES string of the molecule is CC(C)n1ccc(CC(=O)C(N)Cc2ccccc2)n1. The second-order valence-electron chi connectivity index (χ2n) is 5.32. The summed E-state index contributed by atoms with van der Waals surface area (Å²) in [6, 6.07) is 11.6. The van der Waals surface area contributed by atoms with Crippen molar-refractivity contribution in [1.29, 1.82) is 0 Å². The lowest BCUT2D eigenvalue weighted by Crippen LogP contribution is -2.34. The molecule has 0 spiro atoms. The minimum absolute atomic E-state index is 0.0304. The van der Waals surface area contributed by atoms with Gasteiger partial charge < -0.3 is 5.73 Å². The fourth-order valence-electron chi connectivity index (χ4n) is 2.05. The molecule has 2 N–H and O–H groups in total.